The Morgan fingerprint density at radius 1 is 1.44 bits per heavy atom. The lowest BCUT2D eigenvalue weighted by atomic mass is 10.0. The molecule has 86 valence electrons. The van der Waals surface area contributed by atoms with Crippen LogP contribution < -0.4 is 0 Å². The number of benzene rings is 1. The van der Waals surface area contributed by atoms with Gasteiger partial charge in [-0.15, -0.1) is 0 Å². The second kappa shape index (κ2) is 3.85. The van der Waals surface area contributed by atoms with E-state index in [1.54, 1.807) is 6.07 Å². The maximum atomic E-state index is 13.5. The summed E-state index contributed by atoms with van der Waals surface area (Å²) in [7, 11) is 0. The van der Waals surface area contributed by atoms with Crippen molar-refractivity contribution in [3.8, 4) is 0 Å². The first kappa shape index (κ1) is 11.0. The number of carbonyl (C=O) groups is 1. The minimum absolute atomic E-state index is 0.195. The van der Waals surface area contributed by atoms with Crippen molar-refractivity contribution >= 4 is 5.97 Å². The third-order valence-electron chi connectivity index (χ3n) is 2.73. The Hall–Kier alpha value is -1.45. The van der Waals surface area contributed by atoms with Crippen LogP contribution >= 0.6 is 0 Å². The van der Waals surface area contributed by atoms with Crippen molar-refractivity contribution < 1.29 is 18.7 Å². The van der Waals surface area contributed by atoms with E-state index in [2.05, 4.69) is 0 Å². The van der Waals surface area contributed by atoms with Gasteiger partial charge >= 0.3 is 5.97 Å². The van der Waals surface area contributed by atoms with Crippen LogP contribution in [0.1, 0.15) is 36.3 Å². The Bertz CT molecular complexity index is 411. The summed E-state index contributed by atoms with van der Waals surface area (Å²) in [4.78, 5) is 10.3. The van der Waals surface area contributed by atoms with E-state index in [1.807, 2.05) is 6.07 Å². The van der Waals surface area contributed by atoms with E-state index in [0.29, 0.717) is 5.92 Å². The molecule has 0 heterocycles. The molecule has 0 unspecified atom stereocenters. The monoisotopic (exact) mass is 226 g/mol. The van der Waals surface area contributed by atoms with Crippen molar-refractivity contribution in [3.63, 3.8) is 0 Å². The van der Waals surface area contributed by atoms with Crippen LogP contribution in [0.4, 0.5) is 8.78 Å². The minimum Gasteiger partial charge on any atom is -0.481 e. The van der Waals surface area contributed by atoms with Crippen molar-refractivity contribution in [2.45, 2.75) is 31.1 Å². The standard InChI is InChI=1S/C12H12F2O2/c13-12(14,7-11(15)16)10-3-1-2-9(6-10)8-4-5-8/h1-3,6,8H,4-5,7H2,(H,15,16). The van der Waals surface area contributed by atoms with Gasteiger partial charge in [0.05, 0.1) is 0 Å². The summed E-state index contributed by atoms with van der Waals surface area (Å²) >= 11 is 0. The first-order valence-corrected chi connectivity index (χ1v) is 5.19. The molecule has 1 aromatic rings. The smallest absolute Gasteiger partial charge is 0.309 e. The highest BCUT2D eigenvalue weighted by Gasteiger charge is 2.35. The molecular weight excluding hydrogens is 214 g/mol. The Morgan fingerprint density at radius 3 is 2.69 bits per heavy atom. The first-order valence-electron chi connectivity index (χ1n) is 5.19. The van der Waals surface area contributed by atoms with Gasteiger partial charge in [0.1, 0.15) is 6.42 Å². The molecule has 0 aromatic heterocycles. The van der Waals surface area contributed by atoms with Gasteiger partial charge in [0.15, 0.2) is 0 Å². The second-order valence-electron chi connectivity index (χ2n) is 4.17. The average molecular weight is 226 g/mol. The molecule has 0 atom stereocenters. The van der Waals surface area contributed by atoms with Gasteiger partial charge in [-0.25, -0.2) is 8.78 Å². The molecule has 1 N–H and O–H groups in total. The first-order chi connectivity index (χ1) is 7.49. The number of rotatable bonds is 4. The van der Waals surface area contributed by atoms with Gasteiger partial charge in [0, 0.05) is 5.56 Å². The molecular formula is C12H12F2O2. The zero-order valence-corrected chi connectivity index (χ0v) is 8.62. The number of hydrogen-bond acceptors (Lipinski definition) is 1. The minimum atomic E-state index is -3.28. The molecule has 0 radical (unpaired) electrons. The fourth-order valence-corrected chi connectivity index (χ4v) is 1.73. The van der Waals surface area contributed by atoms with Crippen molar-refractivity contribution in [3.05, 3.63) is 35.4 Å². The molecule has 0 saturated heterocycles. The van der Waals surface area contributed by atoms with E-state index < -0.39 is 18.3 Å². The largest absolute Gasteiger partial charge is 0.481 e. The lowest BCUT2D eigenvalue weighted by Gasteiger charge is -2.15. The second-order valence-corrected chi connectivity index (χ2v) is 4.17. The molecule has 2 rings (SSSR count). The number of carboxylic acid groups (broad SMARTS) is 1. The fraction of sp³-hybridized carbons (Fsp3) is 0.417. The highest BCUT2D eigenvalue weighted by Crippen LogP contribution is 2.42. The summed E-state index contributed by atoms with van der Waals surface area (Å²) in [6.07, 6.45) is 0.920. The number of halogens is 2. The summed E-state index contributed by atoms with van der Waals surface area (Å²) in [5.74, 6) is -4.38. The molecule has 1 aromatic carbocycles. The van der Waals surface area contributed by atoms with Crippen LogP contribution in [0.5, 0.6) is 0 Å². The summed E-state index contributed by atoms with van der Waals surface area (Å²) in [5.41, 5.74) is 0.696. The van der Waals surface area contributed by atoms with E-state index >= 15 is 0 Å². The average Bonchev–Trinajstić information content (AvgIpc) is 2.99. The number of carboxylic acids is 1. The summed E-state index contributed by atoms with van der Waals surface area (Å²) < 4.78 is 27.0. The third-order valence-corrected chi connectivity index (χ3v) is 2.73. The zero-order chi connectivity index (χ0) is 11.8. The molecule has 0 bridgehead atoms. The lowest BCUT2D eigenvalue weighted by Crippen LogP contribution is -2.18. The summed E-state index contributed by atoms with van der Waals surface area (Å²) in [5, 5.41) is 8.42. The predicted molar refractivity (Wildman–Crippen MR) is 54.6 cm³/mol. The van der Waals surface area contributed by atoms with Crippen LogP contribution in [0.2, 0.25) is 0 Å². The van der Waals surface area contributed by atoms with Gasteiger partial charge in [-0.05, 0) is 30.4 Å². The van der Waals surface area contributed by atoms with Crippen LogP contribution in [0.3, 0.4) is 0 Å². The molecule has 16 heavy (non-hydrogen) atoms. The Kier molecular flexibility index (Phi) is 2.66. The highest BCUT2D eigenvalue weighted by atomic mass is 19.3. The van der Waals surface area contributed by atoms with Gasteiger partial charge < -0.3 is 5.11 Å². The summed E-state index contributed by atoms with van der Waals surface area (Å²) in [6, 6.07) is 6.10. The Labute approximate surface area is 91.9 Å². The highest BCUT2D eigenvalue weighted by molar-refractivity contribution is 5.68. The van der Waals surface area contributed by atoms with E-state index in [-0.39, 0.29) is 5.56 Å². The van der Waals surface area contributed by atoms with E-state index in [1.165, 1.54) is 12.1 Å². The molecule has 1 fully saturated rings. The molecule has 4 heteroatoms. The Morgan fingerprint density at radius 2 is 2.12 bits per heavy atom. The maximum Gasteiger partial charge on any atom is 0.309 e. The van der Waals surface area contributed by atoms with Crippen molar-refractivity contribution in [2.24, 2.45) is 0 Å². The normalized spacial score (nSPS) is 16.1. The van der Waals surface area contributed by atoms with Crippen LogP contribution in [0.15, 0.2) is 24.3 Å². The van der Waals surface area contributed by atoms with Gasteiger partial charge in [-0.3, -0.25) is 4.79 Å². The van der Waals surface area contributed by atoms with Crippen LogP contribution in [-0.4, -0.2) is 11.1 Å². The Balaban J connectivity index is 2.24. The molecule has 0 aliphatic heterocycles. The van der Waals surface area contributed by atoms with Gasteiger partial charge in [0.2, 0.25) is 0 Å². The maximum absolute atomic E-state index is 13.5. The molecule has 1 saturated carbocycles. The molecule has 0 amide bonds. The van der Waals surface area contributed by atoms with Crippen molar-refractivity contribution in [1.82, 2.24) is 0 Å². The van der Waals surface area contributed by atoms with E-state index in [0.717, 1.165) is 18.4 Å². The third kappa shape index (κ3) is 2.38. The topological polar surface area (TPSA) is 37.3 Å². The molecule has 1 aliphatic rings. The zero-order valence-electron chi connectivity index (χ0n) is 8.62. The van der Waals surface area contributed by atoms with Crippen LogP contribution in [0.25, 0.3) is 0 Å². The molecule has 0 spiro atoms. The van der Waals surface area contributed by atoms with Gasteiger partial charge in [0.25, 0.3) is 5.92 Å². The lowest BCUT2D eigenvalue weighted by molar-refractivity contribution is -0.145. The number of alkyl halides is 2. The number of aliphatic carboxylic acids is 1. The van der Waals surface area contributed by atoms with Crippen molar-refractivity contribution in [1.29, 1.82) is 0 Å². The van der Waals surface area contributed by atoms with Gasteiger partial charge in [-0.2, -0.15) is 0 Å². The molecule has 2 nitrogen and oxygen atoms in total. The van der Waals surface area contributed by atoms with Crippen LogP contribution in [0, 0.1) is 0 Å². The van der Waals surface area contributed by atoms with E-state index in [9.17, 15) is 13.6 Å². The summed E-state index contributed by atoms with van der Waals surface area (Å²) in [6.45, 7) is 0. The quantitative estimate of drug-likeness (QED) is 0.856. The van der Waals surface area contributed by atoms with E-state index in [4.69, 9.17) is 5.11 Å². The predicted octanol–water partition coefficient (Wildman–Crippen LogP) is 3.13. The fourth-order valence-electron chi connectivity index (χ4n) is 1.73. The van der Waals surface area contributed by atoms with Crippen LogP contribution in [-0.2, 0) is 10.7 Å². The SMILES string of the molecule is O=C(O)CC(F)(F)c1cccc(C2CC2)c1. The van der Waals surface area contributed by atoms with Gasteiger partial charge in [-0.1, -0.05) is 18.2 Å². The number of hydrogen-bond donors (Lipinski definition) is 1. The molecule has 1 aliphatic carbocycles. The van der Waals surface area contributed by atoms with Crippen molar-refractivity contribution in [2.75, 3.05) is 0 Å².